The van der Waals surface area contributed by atoms with Gasteiger partial charge in [0.05, 0.1) is 11.6 Å². The Balaban J connectivity index is 2.10. The van der Waals surface area contributed by atoms with Gasteiger partial charge >= 0.3 is 0 Å². The van der Waals surface area contributed by atoms with Crippen LogP contribution in [0.4, 0.5) is 0 Å². The van der Waals surface area contributed by atoms with E-state index in [2.05, 4.69) is 37.1 Å². The van der Waals surface area contributed by atoms with Crippen molar-refractivity contribution in [2.75, 3.05) is 13.6 Å². The zero-order chi connectivity index (χ0) is 11.5. The molecule has 2 nitrogen and oxygen atoms in total. The molecule has 1 aliphatic heterocycles. The molecule has 2 unspecified atom stereocenters. The highest BCUT2D eigenvalue weighted by atomic mass is 15.1. The first-order valence-electron chi connectivity index (χ1n) is 5.91. The maximum absolute atomic E-state index is 8.76. The lowest BCUT2D eigenvalue weighted by molar-refractivity contribution is 0.183. The van der Waals surface area contributed by atoms with E-state index in [0.29, 0.717) is 12.0 Å². The highest BCUT2D eigenvalue weighted by molar-refractivity contribution is 5.33. The van der Waals surface area contributed by atoms with E-state index >= 15 is 0 Å². The van der Waals surface area contributed by atoms with Crippen LogP contribution >= 0.6 is 0 Å². The van der Waals surface area contributed by atoms with Crippen LogP contribution in [0, 0.1) is 11.3 Å². The molecule has 0 N–H and O–H groups in total. The van der Waals surface area contributed by atoms with Crippen molar-refractivity contribution in [3.05, 3.63) is 35.4 Å². The minimum Gasteiger partial charge on any atom is -0.304 e. The van der Waals surface area contributed by atoms with Crippen LogP contribution in [0.1, 0.15) is 36.8 Å². The second-order valence-electron chi connectivity index (χ2n) is 4.78. The topological polar surface area (TPSA) is 27.0 Å². The van der Waals surface area contributed by atoms with Gasteiger partial charge in [0.1, 0.15) is 0 Å². The largest absolute Gasteiger partial charge is 0.304 e. The first-order chi connectivity index (χ1) is 7.70. The van der Waals surface area contributed by atoms with Gasteiger partial charge in [-0.1, -0.05) is 12.1 Å². The van der Waals surface area contributed by atoms with Crippen molar-refractivity contribution in [3.8, 4) is 6.07 Å². The number of rotatable bonds is 1. The van der Waals surface area contributed by atoms with Crippen molar-refractivity contribution < 1.29 is 0 Å². The third-order valence-corrected chi connectivity index (χ3v) is 3.72. The molecular formula is C14H18N2. The highest BCUT2D eigenvalue weighted by Gasteiger charge is 2.23. The maximum atomic E-state index is 8.76. The summed E-state index contributed by atoms with van der Waals surface area (Å²) in [5, 5.41) is 8.76. The van der Waals surface area contributed by atoms with Crippen LogP contribution in [0.3, 0.4) is 0 Å². The van der Waals surface area contributed by atoms with Crippen molar-refractivity contribution in [1.82, 2.24) is 4.90 Å². The number of piperidine rings is 1. The average Bonchev–Trinajstić information content (AvgIpc) is 2.33. The van der Waals surface area contributed by atoms with Gasteiger partial charge in [0.25, 0.3) is 0 Å². The molecule has 2 heteroatoms. The van der Waals surface area contributed by atoms with Crippen LogP contribution < -0.4 is 0 Å². The number of likely N-dealkylation sites (tertiary alicyclic amines) is 1. The van der Waals surface area contributed by atoms with Gasteiger partial charge in [-0.2, -0.15) is 5.26 Å². The van der Waals surface area contributed by atoms with Crippen LogP contribution in [0.15, 0.2) is 24.3 Å². The summed E-state index contributed by atoms with van der Waals surface area (Å²) in [6.45, 7) is 3.46. The molecule has 0 bridgehead atoms. The minimum atomic E-state index is 0.661. The number of nitrogens with zero attached hydrogens (tertiary/aromatic N) is 2. The number of hydrogen-bond donors (Lipinski definition) is 0. The number of benzene rings is 1. The molecule has 0 aliphatic carbocycles. The van der Waals surface area contributed by atoms with Gasteiger partial charge in [0, 0.05) is 6.04 Å². The van der Waals surface area contributed by atoms with Crippen LogP contribution in [0.2, 0.25) is 0 Å². The van der Waals surface area contributed by atoms with E-state index in [9.17, 15) is 0 Å². The fraction of sp³-hybridized carbons (Fsp3) is 0.500. The van der Waals surface area contributed by atoms with Gasteiger partial charge in [-0.05, 0) is 57.0 Å². The second kappa shape index (κ2) is 4.67. The molecule has 0 amide bonds. The quantitative estimate of drug-likeness (QED) is 0.718. The van der Waals surface area contributed by atoms with Crippen LogP contribution in [0.25, 0.3) is 0 Å². The van der Waals surface area contributed by atoms with E-state index in [0.717, 1.165) is 5.56 Å². The van der Waals surface area contributed by atoms with Crippen molar-refractivity contribution >= 4 is 0 Å². The van der Waals surface area contributed by atoms with Crippen LogP contribution in [0.5, 0.6) is 0 Å². The van der Waals surface area contributed by atoms with Crippen molar-refractivity contribution in [2.45, 2.75) is 31.7 Å². The summed E-state index contributed by atoms with van der Waals surface area (Å²) < 4.78 is 0. The Morgan fingerprint density at radius 2 is 2.00 bits per heavy atom. The summed E-state index contributed by atoms with van der Waals surface area (Å²) in [6.07, 6.45) is 2.45. The standard InChI is InChI=1S/C14H18N2/c1-11-9-14(7-8-16(11)2)13-5-3-12(10-15)4-6-13/h3-6,11,14H,7-9H2,1-2H3. The fourth-order valence-corrected chi connectivity index (χ4v) is 2.42. The molecule has 1 aromatic rings. The van der Waals surface area contributed by atoms with Crippen LogP contribution in [-0.4, -0.2) is 24.5 Å². The maximum Gasteiger partial charge on any atom is 0.0991 e. The van der Waals surface area contributed by atoms with E-state index < -0.39 is 0 Å². The van der Waals surface area contributed by atoms with Gasteiger partial charge in [-0.3, -0.25) is 0 Å². The molecule has 1 heterocycles. The molecule has 0 spiro atoms. The highest BCUT2D eigenvalue weighted by Crippen LogP contribution is 2.30. The third kappa shape index (κ3) is 2.25. The van der Waals surface area contributed by atoms with Crippen molar-refractivity contribution in [3.63, 3.8) is 0 Å². The lowest BCUT2D eigenvalue weighted by Gasteiger charge is -2.35. The second-order valence-corrected chi connectivity index (χ2v) is 4.78. The molecule has 1 aromatic carbocycles. The molecule has 1 fully saturated rings. The molecule has 0 radical (unpaired) electrons. The van der Waals surface area contributed by atoms with E-state index in [1.807, 2.05) is 12.1 Å². The van der Waals surface area contributed by atoms with Crippen LogP contribution in [-0.2, 0) is 0 Å². The van der Waals surface area contributed by atoms with E-state index in [1.54, 1.807) is 0 Å². The Kier molecular flexibility index (Phi) is 3.26. The Morgan fingerprint density at radius 3 is 2.56 bits per heavy atom. The van der Waals surface area contributed by atoms with Crippen molar-refractivity contribution in [1.29, 1.82) is 5.26 Å². The lowest BCUT2D eigenvalue weighted by atomic mass is 9.86. The summed E-state index contributed by atoms with van der Waals surface area (Å²) in [5.41, 5.74) is 2.14. The van der Waals surface area contributed by atoms with Gasteiger partial charge in [0.15, 0.2) is 0 Å². The Morgan fingerprint density at radius 1 is 1.31 bits per heavy atom. The molecule has 84 valence electrons. The predicted molar refractivity (Wildman–Crippen MR) is 65.2 cm³/mol. The monoisotopic (exact) mass is 214 g/mol. The first kappa shape index (κ1) is 11.2. The summed E-state index contributed by atoms with van der Waals surface area (Å²) in [5.74, 6) is 0.666. The summed E-state index contributed by atoms with van der Waals surface area (Å²) in [6, 6.07) is 10.9. The van der Waals surface area contributed by atoms with Gasteiger partial charge in [0.2, 0.25) is 0 Å². The SMILES string of the molecule is CC1CC(c2ccc(C#N)cc2)CCN1C. The molecule has 1 saturated heterocycles. The number of nitriles is 1. The third-order valence-electron chi connectivity index (χ3n) is 3.72. The summed E-state index contributed by atoms with van der Waals surface area (Å²) in [4.78, 5) is 2.42. The molecule has 16 heavy (non-hydrogen) atoms. The van der Waals surface area contributed by atoms with Gasteiger partial charge in [-0.15, -0.1) is 0 Å². The van der Waals surface area contributed by atoms with Gasteiger partial charge in [-0.25, -0.2) is 0 Å². The van der Waals surface area contributed by atoms with E-state index in [1.165, 1.54) is 24.9 Å². The van der Waals surface area contributed by atoms with E-state index in [-0.39, 0.29) is 0 Å². The number of hydrogen-bond acceptors (Lipinski definition) is 2. The van der Waals surface area contributed by atoms with Gasteiger partial charge < -0.3 is 4.90 Å². The van der Waals surface area contributed by atoms with E-state index in [4.69, 9.17) is 5.26 Å². The first-order valence-corrected chi connectivity index (χ1v) is 5.91. The molecule has 0 saturated carbocycles. The Labute approximate surface area is 97.5 Å². The minimum absolute atomic E-state index is 0.661. The molecule has 2 rings (SSSR count). The predicted octanol–water partition coefficient (Wildman–Crippen LogP) is 2.76. The molecule has 2 atom stereocenters. The smallest absolute Gasteiger partial charge is 0.0991 e. The summed E-state index contributed by atoms with van der Waals surface area (Å²) >= 11 is 0. The zero-order valence-corrected chi connectivity index (χ0v) is 9.98. The molecular weight excluding hydrogens is 196 g/mol. The molecule has 1 aliphatic rings. The Hall–Kier alpha value is -1.33. The molecule has 0 aromatic heterocycles. The normalized spacial score (nSPS) is 26.3. The lowest BCUT2D eigenvalue weighted by Crippen LogP contribution is -2.36. The fourth-order valence-electron chi connectivity index (χ4n) is 2.42. The Bertz CT molecular complexity index is 388. The average molecular weight is 214 g/mol. The zero-order valence-electron chi connectivity index (χ0n) is 9.98. The summed E-state index contributed by atoms with van der Waals surface area (Å²) in [7, 11) is 2.19. The van der Waals surface area contributed by atoms with Crippen molar-refractivity contribution in [2.24, 2.45) is 0 Å².